The van der Waals surface area contributed by atoms with E-state index in [-0.39, 0.29) is 5.97 Å². The van der Waals surface area contributed by atoms with Crippen LogP contribution >= 0.6 is 0 Å². The molecule has 0 N–H and O–H groups in total. The highest BCUT2D eigenvalue weighted by molar-refractivity contribution is 6.05. The third-order valence-corrected chi connectivity index (χ3v) is 3.83. The standard InChI is InChI=1S/C20H16O4/c1-13(19(21)23-2)11-14-7-3-4-8-15(14)12-18-16-9-5-6-10-17(16)20(22)24-18/h3-10,12H,1,11H2,2H3/b18-12-. The second kappa shape index (κ2) is 6.54. The third kappa shape index (κ3) is 2.99. The average Bonchev–Trinajstić information content (AvgIpc) is 2.92. The number of hydrogen-bond donors (Lipinski definition) is 0. The van der Waals surface area contributed by atoms with Gasteiger partial charge in [0, 0.05) is 17.6 Å². The molecule has 4 nitrogen and oxygen atoms in total. The van der Waals surface area contributed by atoms with Gasteiger partial charge in [-0.1, -0.05) is 49.0 Å². The van der Waals surface area contributed by atoms with Gasteiger partial charge in [-0.05, 0) is 23.3 Å². The molecule has 1 aliphatic rings. The first-order valence-corrected chi connectivity index (χ1v) is 7.47. The fourth-order valence-electron chi connectivity index (χ4n) is 2.62. The van der Waals surface area contributed by atoms with Crippen molar-refractivity contribution in [2.75, 3.05) is 7.11 Å². The number of methoxy groups -OCH3 is 1. The van der Waals surface area contributed by atoms with Gasteiger partial charge in [0.2, 0.25) is 0 Å². The van der Waals surface area contributed by atoms with Crippen molar-refractivity contribution in [3.05, 3.63) is 82.9 Å². The van der Waals surface area contributed by atoms with Gasteiger partial charge in [-0.25, -0.2) is 9.59 Å². The second-order valence-electron chi connectivity index (χ2n) is 5.41. The minimum Gasteiger partial charge on any atom is -0.466 e. The fourth-order valence-corrected chi connectivity index (χ4v) is 2.62. The summed E-state index contributed by atoms with van der Waals surface area (Å²) in [7, 11) is 1.33. The largest absolute Gasteiger partial charge is 0.466 e. The van der Waals surface area contributed by atoms with Crippen molar-refractivity contribution in [2.24, 2.45) is 0 Å². The first-order chi connectivity index (χ1) is 11.6. The monoisotopic (exact) mass is 320 g/mol. The molecule has 3 rings (SSSR count). The number of benzene rings is 2. The number of fused-ring (bicyclic) bond motifs is 1. The van der Waals surface area contributed by atoms with Crippen LogP contribution in [0.15, 0.2) is 60.7 Å². The number of hydrogen-bond acceptors (Lipinski definition) is 4. The summed E-state index contributed by atoms with van der Waals surface area (Å²) < 4.78 is 10.1. The zero-order chi connectivity index (χ0) is 17.1. The molecule has 0 aliphatic carbocycles. The summed E-state index contributed by atoms with van der Waals surface area (Å²) in [5.41, 5.74) is 3.46. The number of carbonyl (C=O) groups is 2. The number of esters is 2. The minimum absolute atomic E-state index is 0.353. The molecule has 0 spiro atoms. The summed E-state index contributed by atoms with van der Waals surface area (Å²) in [4.78, 5) is 23.5. The Labute approximate surface area is 140 Å². The van der Waals surface area contributed by atoms with Crippen molar-refractivity contribution in [3.8, 4) is 0 Å². The molecule has 4 heteroatoms. The maximum Gasteiger partial charge on any atom is 0.344 e. The van der Waals surface area contributed by atoms with Gasteiger partial charge in [-0.3, -0.25) is 0 Å². The lowest BCUT2D eigenvalue weighted by Gasteiger charge is -2.08. The predicted molar refractivity (Wildman–Crippen MR) is 91.0 cm³/mol. The highest BCUT2D eigenvalue weighted by atomic mass is 16.5. The summed E-state index contributed by atoms with van der Waals surface area (Å²) in [6, 6.07) is 14.8. The zero-order valence-electron chi connectivity index (χ0n) is 13.2. The summed E-state index contributed by atoms with van der Waals surface area (Å²) in [6.07, 6.45) is 2.17. The van der Waals surface area contributed by atoms with Gasteiger partial charge in [-0.15, -0.1) is 0 Å². The maximum absolute atomic E-state index is 11.9. The van der Waals surface area contributed by atoms with Crippen LogP contribution in [0.4, 0.5) is 0 Å². The van der Waals surface area contributed by atoms with E-state index in [9.17, 15) is 9.59 Å². The van der Waals surface area contributed by atoms with Crippen molar-refractivity contribution in [1.82, 2.24) is 0 Å². The number of carbonyl (C=O) groups excluding carboxylic acids is 2. The van der Waals surface area contributed by atoms with E-state index in [2.05, 4.69) is 6.58 Å². The van der Waals surface area contributed by atoms with Crippen molar-refractivity contribution < 1.29 is 19.1 Å². The van der Waals surface area contributed by atoms with Gasteiger partial charge in [0.25, 0.3) is 0 Å². The topological polar surface area (TPSA) is 52.6 Å². The quantitative estimate of drug-likeness (QED) is 0.638. The molecule has 0 unspecified atom stereocenters. The van der Waals surface area contributed by atoms with Crippen LogP contribution in [-0.4, -0.2) is 19.0 Å². The van der Waals surface area contributed by atoms with Gasteiger partial charge in [0.1, 0.15) is 5.76 Å². The van der Waals surface area contributed by atoms with Crippen molar-refractivity contribution in [2.45, 2.75) is 6.42 Å². The summed E-state index contributed by atoms with van der Waals surface area (Å²) >= 11 is 0. The second-order valence-corrected chi connectivity index (χ2v) is 5.41. The van der Waals surface area contributed by atoms with Crippen LogP contribution < -0.4 is 0 Å². The normalized spacial score (nSPS) is 14.2. The SMILES string of the molecule is C=C(Cc1ccccc1/C=C1\OC(=O)c2ccccc21)C(=O)OC. The molecule has 0 atom stereocenters. The molecule has 0 amide bonds. The van der Waals surface area contributed by atoms with Crippen LogP contribution in [0.5, 0.6) is 0 Å². The van der Waals surface area contributed by atoms with Crippen LogP contribution in [0.25, 0.3) is 11.8 Å². The van der Waals surface area contributed by atoms with E-state index in [1.165, 1.54) is 7.11 Å². The zero-order valence-corrected chi connectivity index (χ0v) is 13.2. The Morgan fingerprint density at radius 2 is 1.79 bits per heavy atom. The van der Waals surface area contributed by atoms with Gasteiger partial charge < -0.3 is 9.47 Å². The summed E-state index contributed by atoms with van der Waals surface area (Å²) in [5, 5.41) is 0. The van der Waals surface area contributed by atoms with E-state index >= 15 is 0 Å². The molecule has 0 fully saturated rings. The van der Waals surface area contributed by atoms with Crippen LogP contribution in [0.1, 0.15) is 27.0 Å². The van der Waals surface area contributed by atoms with Gasteiger partial charge >= 0.3 is 11.9 Å². The lowest BCUT2D eigenvalue weighted by molar-refractivity contribution is -0.136. The molecular formula is C20H16O4. The van der Waals surface area contributed by atoms with E-state index < -0.39 is 5.97 Å². The van der Waals surface area contributed by atoms with E-state index in [0.29, 0.717) is 23.3 Å². The molecule has 24 heavy (non-hydrogen) atoms. The molecule has 120 valence electrons. The molecule has 2 aromatic rings. The molecule has 0 aromatic heterocycles. The molecule has 0 saturated heterocycles. The number of cyclic esters (lactones) is 1. The molecule has 2 aromatic carbocycles. The first kappa shape index (κ1) is 15.7. The molecule has 0 radical (unpaired) electrons. The van der Waals surface area contributed by atoms with E-state index in [0.717, 1.165) is 16.7 Å². The fraction of sp³-hybridized carbons (Fsp3) is 0.100. The van der Waals surface area contributed by atoms with Crippen LogP contribution in [0.2, 0.25) is 0 Å². The Morgan fingerprint density at radius 3 is 2.54 bits per heavy atom. The van der Waals surface area contributed by atoms with E-state index in [1.807, 2.05) is 42.5 Å². The number of rotatable bonds is 4. The Morgan fingerprint density at radius 1 is 1.12 bits per heavy atom. The minimum atomic E-state index is -0.435. The van der Waals surface area contributed by atoms with E-state index in [4.69, 9.17) is 9.47 Å². The lowest BCUT2D eigenvalue weighted by Crippen LogP contribution is -2.06. The molecule has 1 heterocycles. The summed E-state index contributed by atoms with van der Waals surface area (Å²) in [6.45, 7) is 3.76. The van der Waals surface area contributed by atoms with Crippen molar-refractivity contribution in [1.29, 1.82) is 0 Å². The van der Waals surface area contributed by atoms with Crippen molar-refractivity contribution >= 4 is 23.8 Å². The summed E-state index contributed by atoms with van der Waals surface area (Å²) in [5.74, 6) is -0.282. The first-order valence-electron chi connectivity index (χ1n) is 7.47. The third-order valence-electron chi connectivity index (χ3n) is 3.83. The molecule has 0 saturated carbocycles. The number of ether oxygens (including phenoxy) is 2. The predicted octanol–water partition coefficient (Wildman–Crippen LogP) is 3.63. The van der Waals surface area contributed by atoms with E-state index in [1.54, 1.807) is 12.1 Å². The van der Waals surface area contributed by atoms with Crippen molar-refractivity contribution in [3.63, 3.8) is 0 Å². The van der Waals surface area contributed by atoms with Gasteiger partial charge in [0.15, 0.2) is 0 Å². The Kier molecular flexibility index (Phi) is 4.29. The highest BCUT2D eigenvalue weighted by Gasteiger charge is 2.25. The lowest BCUT2D eigenvalue weighted by atomic mass is 9.99. The average molecular weight is 320 g/mol. The molecule has 1 aliphatic heterocycles. The highest BCUT2D eigenvalue weighted by Crippen LogP contribution is 2.31. The Bertz CT molecular complexity index is 861. The molecule has 0 bridgehead atoms. The van der Waals surface area contributed by atoms with Crippen LogP contribution in [0.3, 0.4) is 0 Å². The van der Waals surface area contributed by atoms with Crippen LogP contribution in [0, 0.1) is 0 Å². The van der Waals surface area contributed by atoms with Gasteiger partial charge in [-0.2, -0.15) is 0 Å². The Balaban J connectivity index is 1.96. The Hall–Kier alpha value is -3.14. The van der Waals surface area contributed by atoms with Crippen LogP contribution in [-0.2, 0) is 20.7 Å². The smallest absolute Gasteiger partial charge is 0.344 e. The maximum atomic E-state index is 11.9. The molecular weight excluding hydrogens is 304 g/mol. The van der Waals surface area contributed by atoms with Gasteiger partial charge in [0.05, 0.1) is 12.7 Å².